The van der Waals surface area contributed by atoms with E-state index in [0.717, 1.165) is 16.8 Å². The molecule has 0 aliphatic carbocycles. The molecule has 0 saturated carbocycles. The Hall–Kier alpha value is -3.53. The highest BCUT2D eigenvalue weighted by Gasteiger charge is 2.12. The fraction of sp³-hybridized carbons (Fsp3) is 0.0435. The molecule has 1 heterocycles. The second-order valence-electron chi connectivity index (χ2n) is 6.30. The second kappa shape index (κ2) is 7.00. The van der Waals surface area contributed by atoms with E-state index in [1.165, 1.54) is 12.1 Å². The lowest BCUT2D eigenvalue weighted by Crippen LogP contribution is -2.23. The predicted molar refractivity (Wildman–Crippen MR) is 107 cm³/mol. The molecule has 3 aromatic carbocycles. The van der Waals surface area contributed by atoms with Gasteiger partial charge in [-0.1, -0.05) is 48.5 Å². The Morgan fingerprint density at radius 2 is 1.59 bits per heavy atom. The number of aromatic nitrogens is 2. The third-order valence-corrected chi connectivity index (χ3v) is 4.45. The first kappa shape index (κ1) is 16.9. The molecule has 4 rings (SSSR count). The van der Waals surface area contributed by atoms with Gasteiger partial charge in [0.05, 0.1) is 16.6 Å². The summed E-state index contributed by atoms with van der Waals surface area (Å²) in [5.74, 6) is 0.241. The Kier molecular flexibility index (Phi) is 4.38. The van der Waals surface area contributed by atoms with E-state index in [1.807, 2.05) is 55.5 Å². The number of fused-ring (bicyclic) bond motifs is 1. The lowest BCUT2D eigenvalue weighted by atomic mass is 10.1. The van der Waals surface area contributed by atoms with Crippen LogP contribution >= 0.6 is 0 Å². The highest BCUT2D eigenvalue weighted by atomic mass is 19.1. The van der Waals surface area contributed by atoms with E-state index in [-0.39, 0.29) is 11.4 Å². The molecule has 0 saturated heterocycles. The first-order valence-electron chi connectivity index (χ1n) is 8.65. The Bertz CT molecular complexity index is 1210. The fourth-order valence-electron chi connectivity index (χ4n) is 3.05. The highest BCUT2D eigenvalue weighted by Crippen LogP contribution is 2.18. The summed E-state index contributed by atoms with van der Waals surface area (Å²) in [6, 6.07) is 21.2. The van der Waals surface area contributed by atoms with Gasteiger partial charge >= 0.3 is 0 Å². The number of halogens is 1. The largest absolute Gasteiger partial charge is 0.268 e. The minimum atomic E-state index is -0.284. The van der Waals surface area contributed by atoms with Crippen molar-refractivity contribution in [1.29, 1.82) is 0 Å². The Morgan fingerprint density at radius 1 is 0.889 bits per heavy atom. The van der Waals surface area contributed by atoms with Crippen LogP contribution in [0.1, 0.15) is 17.0 Å². The Morgan fingerprint density at radius 3 is 2.37 bits per heavy atom. The minimum Gasteiger partial charge on any atom is -0.268 e. The van der Waals surface area contributed by atoms with Gasteiger partial charge in [-0.2, -0.15) is 0 Å². The number of hydrogen-bond acceptors (Lipinski definition) is 2. The molecular weight excluding hydrogens is 339 g/mol. The normalized spacial score (nSPS) is 11.3. The lowest BCUT2D eigenvalue weighted by Gasteiger charge is -2.13. The third-order valence-electron chi connectivity index (χ3n) is 4.45. The Labute approximate surface area is 156 Å². The average molecular weight is 356 g/mol. The molecule has 0 aliphatic rings. The van der Waals surface area contributed by atoms with Gasteiger partial charge in [0.2, 0.25) is 0 Å². The molecule has 1 aromatic heterocycles. The van der Waals surface area contributed by atoms with Crippen LogP contribution in [0, 0.1) is 12.7 Å². The first-order valence-corrected chi connectivity index (χ1v) is 8.65. The van der Waals surface area contributed by atoms with E-state index >= 15 is 0 Å². The summed E-state index contributed by atoms with van der Waals surface area (Å²) >= 11 is 0. The van der Waals surface area contributed by atoms with Gasteiger partial charge in [0, 0.05) is 0 Å². The Balaban J connectivity index is 1.95. The van der Waals surface area contributed by atoms with Gasteiger partial charge in [-0.3, -0.25) is 9.36 Å². The second-order valence-corrected chi connectivity index (χ2v) is 6.30. The first-order chi connectivity index (χ1) is 13.1. The van der Waals surface area contributed by atoms with Gasteiger partial charge in [0.1, 0.15) is 11.6 Å². The van der Waals surface area contributed by atoms with Crippen LogP contribution in [0.15, 0.2) is 77.6 Å². The van der Waals surface area contributed by atoms with E-state index in [9.17, 15) is 9.18 Å². The summed E-state index contributed by atoms with van der Waals surface area (Å²) in [6.07, 6.45) is 3.61. The number of rotatable bonds is 3. The highest BCUT2D eigenvalue weighted by molar-refractivity contribution is 5.80. The summed E-state index contributed by atoms with van der Waals surface area (Å²) in [6.45, 7) is 1.96. The van der Waals surface area contributed by atoms with E-state index in [1.54, 1.807) is 28.8 Å². The van der Waals surface area contributed by atoms with Gasteiger partial charge in [0.15, 0.2) is 0 Å². The molecule has 4 aromatic rings. The molecule has 0 atom stereocenters. The standard InChI is InChI=1S/C23H17FN2O/c1-16-6-2-5-9-21(16)26-22(15-12-17-10-13-18(24)14-11-17)25-20-8-4-3-7-19(20)23(26)27/h2-15H,1H3. The zero-order chi connectivity index (χ0) is 18.8. The lowest BCUT2D eigenvalue weighted by molar-refractivity contribution is 0.628. The molecule has 0 bridgehead atoms. The quantitative estimate of drug-likeness (QED) is 0.517. The van der Waals surface area contributed by atoms with Crippen molar-refractivity contribution in [1.82, 2.24) is 9.55 Å². The van der Waals surface area contributed by atoms with Crippen LogP contribution in [0.4, 0.5) is 4.39 Å². The maximum absolute atomic E-state index is 13.2. The SMILES string of the molecule is Cc1ccccc1-n1c(C=Cc2ccc(F)cc2)nc2ccccc2c1=O. The number of para-hydroxylation sites is 2. The summed E-state index contributed by atoms with van der Waals surface area (Å²) in [5, 5.41) is 0.569. The predicted octanol–water partition coefficient (Wildman–Crippen LogP) is 5.00. The van der Waals surface area contributed by atoms with Crippen molar-refractivity contribution in [2.24, 2.45) is 0 Å². The smallest absolute Gasteiger partial charge is 0.266 e. The molecule has 4 heteroatoms. The van der Waals surface area contributed by atoms with E-state index < -0.39 is 0 Å². The monoisotopic (exact) mass is 356 g/mol. The maximum Gasteiger partial charge on any atom is 0.266 e. The molecule has 0 spiro atoms. The van der Waals surface area contributed by atoms with Gasteiger partial charge in [-0.15, -0.1) is 0 Å². The van der Waals surface area contributed by atoms with Crippen LogP contribution in [-0.2, 0) is 0 Å². The van der Waals surface area contributed by atoms with Crippen LogP contribution in [0.5, 0.6) is 0 Å². The summed E-state index contributed by atoms with van der Waals surface area (Å²) in [4.78, 5) is 17.9. The molecule has 0 aliphatic heterocycles. The number of hydrogen-bond donors (Lipinski definition) is 0. The zero-order valence-corrected chi connectivity index (χ0v) is 14.8. The topological polar surface area (TPSA) is 34.9 Å². The van der Waals surface area contributed by atoms with Crippen molar-refractivity contribution in [3.63, 3.8) is 0 Å². The van der Waals surface area contributed by atoms with Crippen LogP contribution in [0.25, 0.3) is 28.7 Å². The molecule has 3 nitrogen and oxygen atoms in total. The molecule has 0 N–H and O–H groups in total. The van der Waals surface area contributed by atoms with Crippen molar-refractivity contribution in [3.8, 4) is 5.69 Å². The number of aryl methyl sites for hydroxylation is 1. The third kappa shape index (κ3) is 3.29. The average Bonchev–Trinajstić information content (AvgIpc) is 2.69. The van der Waals surface area contributed by atoms with Gasteiger partial charge in [-0.25, -0.2) is 9.37 Å². The summed E-state index contributed by atoms with van der Waals surface area (Å²) < 4.78 is 14.7. The molecule has 0 radical (unpaired) electrons. The molecular formula is C23H17FN2O. The van der Waals surface area contributed by atoms with Crippen molar-refractivity contribution in [2.75, 3.05) is 0 Å². The summed E-state index contributed by atoms with van der Waals surface area (Å²) in [7, 11) is 0. The van der Waals surface area contributed by atoms with Gasteiger partial charge < -0.3 is 0 Å². The van der Waals surface area contributed by atoms with Crippen molar-refractivity contribution < 1.29 is 4.39 Å². The number of nitrogens with zero attached hydrogens (tertiary/aromatic N) is 2. The van der Waals surface area contributed by atoms with Crippen LogP contribution in [0.3, 0.4) is 0 Å². The molecule has 0 fully saturated rings. The van der Waals surface area contributed by atoms with Crippen LogP contribution < -0.4 is 5.56 Å². The van der Waals surface area contributed by atoms with Crippen molar-refractivity contribution >= 4 is 23.1 Å². The molecule has 0 amide bonds. The van der Waals surface area contributed by atoms with E-state index in [0.29, 0.717) is 16.7 Å². The minimum absolute atomic E-state index is 0.117. The van der Waals surface area contributed by atoms with Crippen LogP contribution in [-0.4, -0.2) is 9.55 Å². The molecule has 27 heavy (non-hydrogen) atoms. The molecule has 132 valence electrons. The van der Waals surface area contributed by atoms with Crippen LogP contribution in [0.2, 0.25) is 0 Å². The number of benzene rings is 3. The maximum atomic E-state index is 13.2. The summed E-state index contributed by atoms with van der Waals surface area (Å²) in [5.41, 5.74) is 3.13. The van der Waals surface area contributed by atoms with E-state index in [4.69, 9.17) is 0 Å². The van der Waals surface area contributed by atoms with Gasteiger partial charge in [0.25, 0.3) is 5.56 Å². The van der Waals surface area contributed by atoms with Gasteiger partial charge in [-0.05, 0) is 54.5 Å². The zero-order valence-electron chi connectivity index (χ0n) is 14.8. The van der Waals surface area contributed by atoms with Crippen molar-refractivity contribution in [3.05, 3.63) is 106 Å². The molecule has 0 unspecified atom stereocenters. The fourth-order valence-corrected chi connectivity index (χ4v) is 3.05. The van der Waals surface area contributed by atoms with Crippen molar-refractivity contribution in [2.45, 2.75) is 6.92 Å². The van der Waals surface area contributed by atoms with E-state index in [2.05, 4.69) is 4.98 Å².